The number of nitrogen functional groups attached to an aromatic ring is 1. The highest BCUT2D eigenvalue weighted by Gasteiger charge is 2.29. The lowest BCUT2D eigenvalue weighted by Crippen LogP contribution is -2.30. The van der Waals surface area contributed by atoms with Gasteiger partial charge in [0.2, 0.25) is 0 Å². The molecule has 0 unspecified atom stereocenters. The van der Waals surface area contributed by atoms with E-state index in [1.807, 2.05) is 0 Å². The first-order valence-corrected chi connectivity index (χ1v) is 7.98. The van der Waals surface area contributed by atoms with Crippen molar-refractivity contribution in [1.29, 1.82) is 0 Å². The summed E-state index contributed by atoms with van der Waals surface area (Å²) in [6.07, 6.45) is 3.35. The van der Waals surface area contributed by atoms with E-state index >= 15 is 0 Å². The predicted molar refractivity (Wildman–Crippen MR) is 84.1 cm³/mol. The van der Waals surface area contributed by atoms with Gasteiger partial charge in [-0.1, -0.05) is 0 Å². The van der Waals surface area contributed by atoms with E-state index in [4.69, 9.17) is 10.5 Å². The van der Waals surface area contributed by atoms with Crippen LogP contribution in [-0.4, -0.2) is 38.6 Å². The fraction of sp³-hybridized carbons (Fsp3) is 0.571. The Bertz CT molecular complexity index is 536. The van der Waals surface area contributed by atoms with E-state index in [2.05, 4.69) is 10.2 Å². The van der Waals surface area contributed by atoms with Crippen LogP contribution < -0.4 is 16.0 Å². The van der Waals surface area contributed by atoms with Crippen molar-refractivity contribution in [3.05, 3.63) is 10.4 Å². The SMILES string of the molecule is CCOC(=O)c1c(N2CCCCC2)sc(C(=O)NC)c1N. The normalized spacial score (nSPS) is 14.9. The summed E-state index contributed by atoms with van der Waals surface area (Å²) < 4.78 is 5.10. The number of esters is 1. The van der Waals surface area contributed by atoms with Crippen molar-refractivity contribution >= 4 is 33.9 Å². The standard InChI is InChI=1S/C14H21N3O3S/c1-3-20-14(19)9-10(15)11(12(18)16-2)21-13(9)17-7-5-4-6-8-17/h3-8,15H2,1-2H3,(H,16,18). The van der Waals surface area contributed by atoms with E-state index in [9.17, 15) is 9.59 Å². The van der Waals surface area contributed by atoms with Gasteiger partial charge in [-0.3, -0.25) is 4.79 Å². The summed E-state index contributed by atoms with van der Waals surface area (Å²) in [5, 5.41) is 3.31. The number of carbonyl (C=O) groups is 2. The smallest absolute Gasteiger partial charge is 0.343 e. The Morgan fingerprint density at radius 2 is 2.00 bits per heavy atom. The number of nitrogens with one attached hydrogen (secondary N) is 1. The van der Waals surface area contributed by atoms with E-state index in [0.29, 0.717) is 10.4 Å². The van der Waals surface area contributed by atoms with Gasteiger partial charge in [-0.15, -0.1) is 11.3 Å². The zero-order chi connectivity index (χ0) is 15.4. The molecule has 7 heteroatoms. The summed E-state index contributed by atoms with van der Waals surface area (Å²) in [5.74, 6) is -0.728. The van der Waals surface area contributed by atoms with Gasteiger partial charge in [0.25, 0.3) is 5.91 Å². The average molecular weight is 311 g/mol. The van der Waals surface area contributed by atoms with Crippen LogP contribution in [0.2, 0.25) is 0 Å². The Balaban J connectivity index is 2.45. The molecule has 1 saturated heterocycles. The van der Waals surface area contributed by atoms with Crippen LogP contribution in [0.3, 0.4) is 0 Å². The van der Waals surface area contributed by atoms with Crippen molar-refractivity contribution in [1.82, 2.24) is 5.32 Å². The summed E-state index contributed by atoms with van der Waals surface area (Å²) in [5.41, 5.74) is 6.60. The molecule has 1 aliphatic heterocycles. The van der Waals surface area contributed by atoms with Crippen LogP contribution in [0.5, 0.6) is 0 Å². The van der Waals surface area contributed by atoms with Gasteiger partial charge in [0.05, 0.1) is 12.3 Å². The third-order valence-corrected chi connectivity index (χ3v) is 4.75. The number of nitrogens with zero attached hydrogens (tertiary/aromatic N) is 1. The molecule has 0 aromatic carbocycles. The number of nitrogens with two attached hydrogens (primary N) is 1. The predicted octanol–water partition coefficient (Wildman–Crippen LogP) is 1.86. The third-order valence-electron chi connectivity index (χ3n) is 3.48. The Kier molecular flexibility index (Phi) is 5.06. The second kappa shape index (κ2) is 6.80. The van der Waals surface area contributed by atoms with E-state index < -0.39 is 5.97 Å². The maximum Gasteiger partial charge on any atom is 0.343 e. The van der Waals surface area contributed by atoms with E-state index in [0.717, 1.165) is 30.9 Å². The van der Waals surface area contributed by atoms with Crippen LogP contribution in [0.1, 0.15) is 46.2 Å². The number of thiophene rings is 1. The molecular weight excluding hydrogens is 290 g/mol. The summed E-state index contributed by atoms with van der Waals surface area (Å²) in [7, 11) is 1.55. The first kappa shape index (κ1) is 15.6. The minimum absolute atomic E-state index is 0.221. The van der Waals surface area contributed by atoms with Crippen molar-refractivity contribution in [2.24, 2.45) is 0 Å². The molecule has 0 saturated carbocycles. The highest BCUT2D eigenvalue weighted by molar-refractivity contribution is 7.19. The second-order valence-electron chi connectivity index (χ2n) is 4.87. The molecule has 1 amide bonds. The zero-order valence-electron chi connectivity index (χ0n) is 12.4. The fourth-order valence-electron chi connectivity index (χ4n) is 2.43. The lowest BCUT2D eigenvalue weighted by atomic mass is 10.1. The van der Waals surface area contributed by atoms with Crippen molar-refractivity contribution < 1.29 is 14.3 Å². The zero-order valence-corrected chi connectivity index (χ0v) is 13.2. The molecule has 0 aliphatic carbocycles. The second-order valence-corrected chi connectivity index (χ2v) is 5.87. The van der Waals surface area contributed by atoms with Gasteiger partial charge < -0.3 is 20.7 Å². The van der Waals surface area contributed by atoms with Gasteiger partial charge in [-0.25, -0.2) is 4.79 Å². The van der Waals surface area contributed by atoms with Crippen molar-refractivity contribution in [3.63, 3.8) is 0 Å². The highest BCUT2D eigenvalue weighted by Crippen LogP contribution is 2.39. The molecular formula is C14H21N3O3S. The van der Waals surface area contributed by atoms with Crippen molar-refractivity contribution in [2.75, 3.05) is 37.4 Å². The molecule has 116 valence electrons. The minimum Gasteiger partial charge on any atom is -0.462 e. The topological polar surface area (TPSA) is 84.7 Å². The van der Waals surface area contributed by atoms with Gasteiger partial charge in [0, 0.05) is 20.1 Å². The van der Waals surface area contributed by atoms with Crippen molar-refractivity contribution in [2.45, 2.75) is 26.2 Å². The van der Waals surface area contributed by atoms with Crippen molar-refractivity contribution in [3.8, 4) is 0 Å². The largest absolute Gasteiger partial charge is 0.462 e. The van der Waals surface area contributed by atoms with Gasteiger partial charge >= 0.3 is 5.97 Å². The maximum absolute atomic E-state index is 12.2. The molecule has 0 atom stereocenters. The number of hydrogen-bond acceptors (Lipinski definition) is 6. The Morgan fingerprint density at radius 3 is 2.57 bits per heavy atom. The van der Waals surface area contributed by atoms with E-state index in [-0.39, 0.29) is 18.2 Å². The van der Waals surface area contributed by atoms with Crippen LogP contribution in [-0.2, 0) is 4.74 Å². The molecule has 0 radical (unpaired) electrons. The molecule has 3 N–H and O–H groups in total. The molecule has 1 fully saturated rings. The molecule has 0 bridgehead atoms. The molecule has 1 aliphatic rings. The lowest BCUT2D eigenvalue weighted by Gasteiger charge is -2.28. The van der Waals surface area contributed by atoms with Gasteiger partial charge in [-0.2, -0.15) is 0 Å². The Labute approximate surface area is 128 Å². The van der Waals surface area contributed by atoms with Gasteiger partial charge in [0.1, 0.15) is 15.4 Å². The molecule has 2 rings (SSSR count). The average Bonchev–Trinajstić information content (AvgIpc) is 2.85. The number of anilines is 2. The van der Waals surface area contributed by atoms with Crippen LogP contribution in [0.25, 0.3) is 0 Å². The Hall–Kier alpha value is -1.76. The highest BCUT2D eigenvalue weighted by atomic mass is 32.1. The van der Waals surface area contributed by atoms with Crippen LogP contribution in [0.4, 0.5) is 10.7 Å². The number of hydrogen-bond donors (Lipinski definition) is 2. The molecule has 0 spiro atoms. The first-order valence-electron chi connectivity index (χ1n) is 7.16. The van der Waals surface area contributed by atoms with E-state index in [1.165, 1.54) is 17.8 Å². The first-order chi connectivity index (χ1) is 10.1. The minimum atomic E-state index is -0.457. The summed E-state index contributed by atoms with van der Waals surface area (Å²) in [4.78, 5) is 26.6. The number of ether oxygens (including phenoxy) is 1. The number of piperidine rings is 1. The molecule has 1 aromatic heterocycles. The molecule has 6 nitrogen and oxygen atoms in total. The van der Waals surface area contributed by atoms with Crippen LogP contribution in [0, 0.1) is 0 Å². The number of amides is 1. The summed E-state index contributed by atoms with van der Waals surface area (Å²) >= 11 is 1.27. The Morgan fingerprint density at radius 1 is 1.33 bits per heavy atom. The lowest BCUT2D eigenvalue weighted by molar-refractivity contribution is 0.0529. The molecule has 21 heavy (non-hydrogen) atoms. The molecule has 2 heterocycles. The van der Waals surface area contributed by atoms with Crippen LogP contribution in [0.15, 0.2) is 0 Å². The van der Waals surface area contributed by atoms with E-state index in [1.54, 1.807) is 14.0 Å². The fourth-order valence-corrected chi connectivity index (χ4v) is 3.64. The monoisotopic (exact) mass is 311 g/mol. The third kappa shape index (κ3) is 3.12. The maximum atomic E-state index is 12.2. The summed E-state index contributed by atoms with van der Waals surface area (Å²) in [6.45, 7) is 3.78. The van der Waals surface area contributed by atoms with Crippen LogP contribution >= 0.6 is 11.3 Å². The number of carbonyl (C=O) groups excluding carboxylic acids is 2. The van der Waals surface area contributed by atoms with Gasteiger partial charge in [0.15, 0.2) is 0 Å². The summed E-state index contributed by atoms with van der Waals surface area (Å²) in [6, 6.07) is 0. The quantitative estimate of drug-likeness (QED) is 0.829. The number of rotatable bonds is 4. The van der Waals surface area contributed by atoms with Gasteiger partial charge in [-0.05, 0) is 26.2 Å². The molecule has 1 aromatic rings.